The molecule has 2 aromatic rings. The molecule has 0 aliphatic heterocycles. The van der Waals surface area contributed by atoms with Crippen LogP contribution in [0.15, 0.2) is 60.7 Å². The van der Waals surface area contributed by atoms with Gasteiger partial charge in [-0.1, -0.05) is 88.4 Å². The summed E-state index contributed by atoms with van der Waals surface area (Å²) in [7, 11) is -2.96. The Labute approximate surface area is 146 Å². The molecule has 0 saturated heterocycles. The zero-order valence-electron chi connectivity index (χ0n) is 15.1. The highest BCUT2D eigenvalue weighted by molar-refractivity contribution is 6.98. The van der Waals surface area contributed by atoms with Crippen molar-refractivity contribution in [2.45, 2.75) is 45.6 Å². The van der Waals surface area contributed by atoms with Crippen molar-refractivity contribution in [2.24, 2.45) is 5.41 Å². The van der Waals surface area contributed by atoms with Crippen LogP contribution in [0.5, 0.6) is 0 Å². The molecule has 24 heavy (non-hydrogen) atoms. The first kappa shape index (κ1) is 18.6. The highest BCUT2D eigenvalue weighted by Gasteiger charge is 2.49. The molecule has 2 nitrogen and oxygen atoms in total. The molecule has 0 unspecified atom stereocenters. The second kappa shape index (κ2) is 7.04. The molecule has 0 aliphatic carbocycles. The van der Waals surface area contributed by atoms with Crippen LogP contribution in [0.25, 0.3) is 0 Å². The highest BCUT2D eigenvalue weighted by atomic mass is 28.4. The molecule has 0 bridgehead atoms. The summed E-state index contributed by atoms with van der Waals surface area (Å²) in [5.41, 5.74) is -0.361. The minimum atomic E-state index is -2.96. The van der Waals surface area contributed by atoms with Gasteiger partial charge in [-0.3, -0.25) is 0 Å². The van der Waals surface area contributed by atoms with E-state index in [1.807, 2.05) is 74.5 Å². The average molecular weight is 341 g/mol. The Hall–Kier alpha value is -1.71. The van der Waals surface area contributed by atoms with E-state index in [1.54, 1.807) is 0 Å². The second-order valence-electron chi connectivity index (χ2n) is 7.93. The summed E-state index contributed by atoms with van der Waals surface area (Å²) in [4.78, 5) is 23.3. The van der Waals surface area contributed by atoms with E-state index in [2.05, 4.69) is 13.8 Å². The molecule has 2 rings (SSSR count). The van der Waals surface area contributed by atoms with E-state index in [-0.39, 0.29) is 10.5 Å². The monoisotopic (exact) mass is 340 g/mol. The van der Waals surface area contributed by atoms with Gasteiger partial charge in [-0.2, -0.15) is 0 Å². The number of rotatable bonds is 7. The number of benzene rings is 2. The quantitative estimate of drug-likeness (QED) is 0.618. The average Bonchev–Trinajstić information content (AvgIpc) is 2.61. The van der Waals surface area contributed by atoms with Gasteiger partial charge in [0, 0.05) is 5.41 Å². The second-order valence-corrected chi connectivity index (χ2v) is 11.9. The fourth-order valence-electron chi connectivity index (χ4n) is 3.18. The van der Waals surface area contributed by atoms with E-state index in [4.69, 9.17) is 0 Å². The predicted octanol–water partition coefficient (Wildman–Crippen LogP) is 3.52. The SMILES string of the molecule is CC(C)(C=O)CCC(C)(C)[Si](O)(c1ccccc1)c1ccccc1. The lowest BCUT2D eigenvalue weighted by Gasteiger charge is -2.42. The van der Waals surface area contributed by atoms with E-state index in [0.29, 0.717) is 0 Å². The van der Waals surface area contributed by atoms with Crippen molar-refractivity contribution < 1.29 is 9.59 Å². The molecule has 1 N–H and O–H groups in total. The Bertz CT molecular complexity index is 623. The molecule has 0 radical (unpaired) electrons. The molecular weight excluding hydrogens is 312 g/mol. The summed E-state index contributed by atoms with van der Waals surface area (Å²) in [6.45, 7) is 8.20. The van der Waals surface area contributed by atoms with Crippen molar-refractivity contribution in [3.8, 4) is 0 Å². The highest BCUT2D eigenvalue weighted by Crippen LogP contribution is 2.42. The maximum absolute atomic E-state index is 12.0. The lowest BCUT2D eigenvalue weighted by Crippen LogP contribution is -2.65. The number of carbonyl (C=O) groups excluding carboxylic acids is 1. The van der Waals surface area contributed by atoms with Crippen LogP contribution in [0, 0.1) is 5.41 Å². The lowest BCUT2D eigenvalue weighted by atomic mass is 9.87. The van der Waals surface area contributed by atoms with Crippen LogP contribution in [0.1, 0.15) is 40.5 Å². The maximum Gasteiger partial charge on any atom is 0.258 e. The third kappa shape index (κ3) is 3.68. The van der Waals surface area contributed by atoms with Gasteiger partial charge < -0.3 is 9.59 Å². The molecule has 2 aromatic carbocycles. The number of hydrogen-bond donors (Lipinski definition) is 1. The van der Waals surface area contributed by atoms with Crippen LogP contribution >= 0.6 is 0 Å². The van der Waals surface area contributed by atoms with Crippen molar-refractivity contribution in [2.75, 3.05) is 0 Å². The number of aldehydes is 1. The van der Waals surface area contributed by atoms with Gasteiger partial charge in [0.2, 0.25) is 0 Å². The fraction of sp³-hybridized carbons (Fsp3) is 0.381. The van der Waals surface area contributed by atoms with Crippen LogP contribution < -0.4 is 10.4 Å². The first-order valence-electron chi connectivity index (χ1n) is 8.53. The summed E-state index contributed by atoms with van der Waals surface area (Å²) >= 11 is 0. The van der Waals surface area contributed by atoms with E-state index < -0.39 is 8.32 Å². The summed E-state index contributed by atoms with van der Waals surface area (Å²) in [6.07, 6.45) is 2.58. The zero-order valence-corrected chi connectivity index (χ0v) is 16.1. The van der Waals surface area contributed by atoms with Gasteiger partial charge in [0.25, 0.3) is 8.32 Å². The Morgan fingerprint density at radius 1 is 0.833 bits per heavy atom. The Kier molecular flexibility index (Phi) is 5.46. The van der Waals surface area contributed by atoms with Crippen molar-refractivity contribution in [3.63, 3.8) is 0 Å². The molecule has 0 atom stereocenters. The first-order chi connectivity index (χ1) is 11.2. The molecule has 0 aliphatic rings. The normalized spacial score (nSPS) is 12.9. The molecule has 0 aromatic heterocycles. The van der Waals surface area contributed by atoms with Crippen molar-refractivity contribution in [1.29, 1.82) is 0 Å². The molecule has 0 heterocycles. The molecular formula is C21H28O2Si. The van der Waals surface area contributed by atoms with Crippen LogP contribution in [0.2, 0.25) is 5.04 Å². The summed E-state index contributed by atoms with van der Waals surface area (Å²) in [5, 5.41) is 1.74. The van der Waals surface area contributed by atoms with Gasteiger partial charge >= 0.3 is 0 Å². The van der Waals surface area contributed by atoms with Crippen LogP contribution in [-0.4, -0.2) is 19.4 Å². The molecule has 3 heteroatoms. The van der Waals surface area contributed by atoms with Gasteiger partial charge in [0.05, 0.1) is 0 Å². The summed E-state index contributed by atoms with van der Waals surface area (Å²) in [5.74, 6) is 0. The Morgan fingerprint density at radius 3 is 1.62 bits per heavy atom. The Balaban J connectivity index is 2.48. The van der Waals surface area contributed by atoms with Crippen LogP contribution in [0.4, 0.5) is 0 Å². The maximum atomic E-state index is 12.0. The number of hydrogen-bond acceptors (Lipinski definition) is 2. The van der Waals surface area contributed by atoms with E-state index in [9.17, 15) is 9.59 Å². The van der Waals surface area contributed by atoms with E-state index in [1.165, 1.54) is 0 Å². The zero-order chi connectivity index (χ0) is 17.8. The van der Waals surface area contributed by atoms with Crippen LogP contribution in [-0.2, 0) is 4.79 Å². The molecule has 0 spiro atoms. The van der Waals surface area contributed by atoms with Crippen molar-refractivity contribution in [1.82, 2.24) is 0 Å². The largest absolute Gasteiger partial charge is 0.424 e. The topological polar surface area (TPSA) is 37.3 Å². The standard InChI is InChI=1S/C21H28O2Si/c1-20(2,17-22)15-16-21(3,4)24(23,18-11-7-5-8-12-18)19-13-9-6-10-14-19/h5-14,17,23H,15-16H2,1-4H3. The molecule has 0 amide bonds. The Morgan fingerprint density at radius 2 is 1.25 bits per heavy atom. The minimum Gasteiger partial charge on any atom is -0.424 e. The van der Waals surface area contributed by atoms with Gasteiger partial charge in [-0.25, -0.2) is 0 Å². The minimum absolute atomic E-state index is 0.296. The third-order valence-corrected chi connectivity index (χ3v) is 9.62. The summed E-state index contributed by atoms with van der Waals surface area (Å²) < 4.78 is 0. The number of carbonyl (C=O) groups is 1. The predicted molar refractivity (Wildman–Crippen MR) is 103 cm³/mol. The lowest BCUT2D eigenvalue weighted by molar-refractivity contribution is -0.115. The van der Waals surface area contributed by atoms with Crippen molar-refractivity contribution in [3.05, 3.63) is 60.7 Å². The van der Waals surface area contributed by atoms with Crippen LogP contribution in [0.3, 0.4) is 0 Å². The van der Waals surface area contributed by atoms with Gasteiger partial charge in [0.1, 0.15) is 6.29 Å². The van der Waals surface area contributed by atoms with E-state index in [0.717, 1.165) is 29.5 Å². The first-order valence-corrected chi connectivity index (χ1v) is 10.5. The van der Waals surface area contributed by atoms with Crippen molar-refractivity contribution >= 4 is 25.0 Å². The van der Waals surface area contributed by atoms with E-state index >= 15 is 0 Å². The summed E-state index contributed by atoms with van der Waals surface area (Å²) in [6, 6.07) is 20.0. The molecule has 0 fully saturated rings. The molecule has 128 valence electrons. The third-order valence-electron chi connectivity index (χ3n) is 5.08. The smallest absolute Gasteiger partial charge is 0.258 e. The van der Waals surface area contributed by atoms with Gasteiger partial charge in [-0.05, 0) is 28.3 Å². The van der Waals surface area contributed by atoms with Gasteiger partial charge in [-0.15, -0.1) is 0 Å². The fourth-order valence-corrected chi connectivity index (χ4v) is 6.91. The van der Waals surface area contributed by atoms with Gasteiger partial charge in [0.15, 0.2) is 0 Å². The molecule has 0 saturated carbocycles.